The highest BCUT2D eigenvalue weighted by atomic mass is 16.5. The number of carbonyl (C=O) groups is 2. The lowest BCUT2D eigenvalue weighted by Gasteiger charge is -2.46. The van der Waals surface area contributed by atoms with Gasteiger partial charge in [-0.1, -0.05) is 45.0 Å². The Labute approximate surface area is 168 Å². The molecule has 2 aliphatic heterocycles. The number of ether oxygens (including phenoxy) is 1. The van der Waals surface area contributed by atoms with Gasteiger partial charge in [0.25, 0.3) is 0 Å². The van der Waals surface area contributed by atoms with Crippen LogP contribution < -0.4 is 0 Å². The third kappa shape index (κ3) is 3.58. The normalized spacial score (nSPS) is 32.9. The van der Waals surface area contributed by atoms with Gasteiger partial charge in [-0.05, 0) is 55.1 Å². The zero-order valence-electron chi connectivity index (χ0n) is 17.7. The maximum Gasteiger partial charge on any atom is 0.306 e. The fourth-order valence-corrected chi connectivity index (χ4v) is 5.36. The molecule has 1 aromatic carbocycles. The van der Waals surface area contributed by atoms with Crippen LogP contribution in [0.5, 0.6) is 0 Å². The number of hydrogen-bond acceptors (Lipinski definition) is 3. The van der Waals surface area contributed by atoms with Gasteiger partial charge in [-0.3, -0.25) is 9.59 Å². The average Bonchev–Trinajstić information content (AvgIpc) is 3.01. The summed E-state index contributed by atoms with van der Waals surface area (Å²) in [6.07, 6.45) is 4.19. The lowest BCUT2D eigenvalue weighted by molar-refractivity contribution is -0.147. The highest BCUT2D eigenvalue weighted by Crippen LogP contribution is 2.52. The standard InChI is InChI=1S/C24H33NO3/c1-16-11-18(17-5-7-20(8-6-17)23(2,3)4)9-10-25(16)22(27)19-12-24(13-19)14-21(26)28-15-24/h5-8,16,18-19H,9-15H2,1-4H3/t16-,18+,19?,24?/m1/s1. The van der Waals surface area contributed by atoms with E-state index in [0.717, 1.165) is 32.2 Å². The number of likely N-dealkylation sites (tertiary alicyclic amines) is 1. The Morgan fingerprint density at radius 1 is 1.18 bits per heavy atom. The van der Waals surface area contributed by atoms with Gasteiger partial charge in [0.05, 0.1) is 13.0 Å². The lowest BCUT2D eigenvalue weighted by atomic mass is 9.61. The van der Waals surface area contributed by atoms with Crippen LogP contribution in [0.2, 0.25) is 0 Å². The molecule has 2 atom stereocenters. The second-order valence-corrected chi connectivity index (χ2v) is 10.4. The SMILES string of the molecule is C[C@@H]1C[C@@H](c2ccc(C(C)(C)C)cc2)CCN1C(=O)C1CC2(COC(=O)C2)C1. The fraction of sp³-hybridized carbons (Fsp3) is 0.667. The Morgan fingerprint density at radius 2 is 1.86 bits per heavy atom. The second kappa shape index (κ2) is 6.89. The van der Waals surface area contributed by atoms with Gasteiger partial charge in [0.1, 0.15) is 0 Å². The van der Waals surface area contributed by atoms with Crippen molar-refractivity contribution >= 4 is 11.9 Å². The summed E-state index contributed by atoms with van der Waals surface area (Å²) in [7, 11) is 0. The number of carbonyl (C=O) groups excluding carboxylic acids is 2. The van der Waals surface area contributed by atoms with Crippen molar-refractivity contribution in [2.45, 2.75) is 77.2 Å². The molecule has 3 fully saturated rings. The topological polar surface area (TPSA) is 46.6 Å². The van der Waals surface area contributed by atoms with Crippen molar-refractivity contribution in [3.63, 3.8) is 0 Å². The molecule has 2 heterocycles. The van der Waals surface area contributed by atoms with Crippen LogP contribution in [0, 0.1) is 11.3 Å². The zero-order chi connectivity index (χ0) is 20.1. The van der Waals surface area contributed by atoms with Crippen LogP contribution in [0.4, 0.5) is 0 Å². The Hall–Kier alpha value is -1.84. The minimum absolute atomic E-state index is 0.0340. The first kappa shape index (κ1) is 19.5. The molecule has 0 N–H and O–H groups in total. The minimum atomic E-state index is -0.0995. The van der Waals surface area contributed by atoms with Crippen molar-refractivity contribution in [3.8, 4) is 0 Å². The maximum absolute atomic E-state index is 13.0. The highest BCUT2D eigenvalue weighted by molar-refractivity contribution is 5.81. The predicted molar refractivity (Wildman–Crippen MR) is 109 cm³/mol. The quantitative estimate of drug-likeness (QED) is 0.710. The van der Waals surface area contributed by atoms with E-state index in [1.165, 1.54) is 11.1 Å². The van der Waals surface area contributed by atoms with E-state index in [2.05, 4.69) is 56.9 Å². The maximum atomic E-state index is 13.0. The van der Waals surface area contributed by atoms with Crippen LogP contribution in [0.25, 0.3) is 0 Å². The molecule has 28 heavy (non-hydrogen) atoms. The number of amides is 1. The highest BCUT2D eigenvalue weighted by Gasteiger charge is 2.53. The summed E-state index contributed by atoms with van der Waals surface area (Å²) in [4.78, 5) is 26.5. The van der Waals surface area contributed by atoms with Crippen LogP contribution >= 0.6 is 0 Å². The molecule has 0 unspecified atom stereocenters. The number of esters is 1. The minimum Gasteiger partial charge on any atom is -0.465 e. The van der Waals surface area contributed by atoms with E-state index < -0.39 is 0 Å². The predicted octanol–water partition coefficient (Wildman–Crippen LogP) is 4.42. The van der Waals surface area contributed by atoms with Crippen LogP contribution in [0.1, 0.15) is 76.8 Å². The van der Waals surface area contributed by atoms with E-state index in [4.69, 9.17) is 4.74 Å². The van der Waals surface area contributed by atoms with E-state index in [0.29, 0.717) is 24.9 Å². The monoisotopic (exact) mass is 383 g/mol. The number of hydrogen-bond donors (Lipinski definition) is 0. The molecule has 4 rings (SSSR count). The van der Waals surface area contributed by atoms with E-state index >= 15 is 0 Å². The number of piperidine rings is 1. The average molecular weight is 384 g/mol. The fourth-order valence-electron chi connectivity index (χ4n) is 5.36. The summed E-state index contributed by atoms with van der Waals surface area (Å²) in [5.41, 5.74) is 2.91. The Bertz CT molecular complexity index is 755. The molecule has 4 heteroatoms. The van der Waals surface area contributed by atoms with Gasteiger partial charge in [-0.15, -0.1) is 0 Å². The lowest BCUT2D eigenvalue weighted by Crippen LogP contribution is -2.52. The van der Waals surface area contributed by atoms with Crippen molar-refractivity contribution in [1.29, 1.82) is 0 Å². The Kier molecular flexibility index (Phi) is 4.79. The molecule has 1 aliphatic carbocycles. The third-order valence-electron chi connectivity index (χ3n) is 7.17. The first-order valence-electron chi connectivity index (χ1n) is 10.7. The molecule has 152 valence electrons. The van der Waals surface area contributed by atoms with Gasteiger partial charge in [-0.25, -0.2) is 0 Å². The van der Waals surface area contributed by atoms with Crippen molar-refractivity contribution in [1.82, 2.24) is 4.90 Å². The molecule has 0 bridgehead atoms. The van der Waals surface area contributed by atoms with E-state index in [-0.39, 0.29) is 28.8 Å². The van der Waals surface area contributed by atoms with Crippen molar-refractivity contribution in [2.24, 2.45) is 11.3 Å². The summed E-state index contributed by atoms with van der Waals surface area (Å²) in [6.45, 7) is 10.3. The summed E-state index contributed by atoms with van der Waals surface area (Å²) in [6, 6.07) is 9.35. The molecule has 1 amide bonds. The molecule has 0 aromatic heterocycles. The number of benzene rings is 1. The first-order chi connectivity index (χ1) is 13.2. The van der Waals surface area contributed by atoms with Gasteiger partial charge in [-0.2, -0.15) is 0 Å². The molecule has 1 aromatic rings. The van der Waals surface area contributed by atoms with E-state index in [1.807, 2.05) is 0 Å². The largest absolute Gasteiger partial charge is 0.465 e. The van der Waals surface area contributed by atoms with Crippen molar-refractivity contribution < 1.29 is 14.3 Å². The zero-order valence-corrected chi connectivity index (χ0v) is 17.7. The van der Waals surface area contributed by atoms with Crippen LogP contribution in [-0.2, 0) is 19.7 Å². The van der Waals surface area contributed by atoms with Crippen LogP contribution in [-0.4, -0.2) is 36.0 Å². The van der Waals surface area contributed by atoms with Crippen molar-refractivity contribution in [2.75, 3.05) is 13.2 Å². The van der Waals surface area contributed by atoms with E-state index in [9.17, 15) is 9.59 Å². The Balaban J connectivity index is 1.34. The van der Waals surface area contributed by atoms with Crippen LogP contribution in [0.15, 0.2) is 24.3 Å². The third-order valence-corrected chi connectivity index (χ3v) is 7.17. The molecule has 1 spiro atoms. The number of cyclic esters (lactones) is 1. The first-order valence-corrected chi connectivity index (χ1v) is 10.7. The Morgan fingerprint density at radius 3 is 2.39 bits per heavy atom. The molecule has 3 aliphatic rings. The number of rotatable bonds is 2. The molecule has 0 radical (unpaired) electrons. The molecular weight excluding hydrogens is 350 g/mol. The summed E-state index contributed by atoms with van der Waals surface area (Å²) in [5, 5.41) is 0. The van der Waals surface area contributed by atoms with Gasteiger partial charge < -0.3 is 9.64 Å². The summed E-state index contributed by atoms with van der Waals surface area (Å²) in [5.74, 6) is 0.804. The number of nitrogens with zero attached hydrogens (tertiary/aromatic N) is 1. The molecular formula is C24H33NO3. The smallest absolute Gasteiger partial charge is 0.306 e. The van der Waals surface area contributed by atoms with Gasteiger partial charge >= 0.3 is 5.97 Å². The summed E-state index contributed by atoms with van der Waals surface area (Å²) >= 11 is 0. The molecule has 4 nitrogen and oxygen atoms in total. The van der Waals surface area contributed by atoms with Crippen molar-refractivity contribution in [3.05, 3.63) is 35.4 Å². The van der Waals surface area contributed by atoms with Gasteiger partial charge in [0, 0.05) is 23.9 Å². The van der Waals surface area contributed by atoms with Crippen LogP contribution in [0.3, 0.4) is 0 Å². The van der Waals surface area contributed by atoms with E-state index in [1.54, 1.807) is 0 Å². The van der Waals surface area contributed by atoms with Gasteiger partial charge in [0.2, 0.25) is 5.91 Å². The second-order valence-electron chi connectivity index (χ2n) is 10.4. The molecule has 2 saturated heterocycles. The molecule has 1 saturated carbocycles. The summed E-state index contributed by atoms with van der Waals surface area (Å²) < 4.78 is 5.13. The van der Waals surface area contributed by atoms with Gasteiger partial charge in [0.15, 0.2) is 0 Å².